The summed E-state index contributed by atoms with van der Waals surface area (Å²) in [4.78, 5) is 20.7. The predicted octanol–water partition coefficient (Wildman–Crippen LogP) is -0.229. The first kappa shape index (κ1) is 13.2. The highest BCUT2D eigenvalue weighted by Gasteiger charge is 2.09. The average molecular weight is 269 g/mol. The Kier molecular flexibility index (Phi) is 4.43. The second-order valence-corrected chi connectivity index (χ2v) is 4.79. The number of aliphatic hydroxyl groups is 2. The summed E-state index contributed by atoms with van der Waals surface area (Å²) in [6.45, 7) is 1.29. The van der Waals surface area contributed by atoms with Crippen molar-refractivity contribution < 1.29 is 10.2 Å². The van der Waals surface area contributed by atoms with Crippen LogP contribution < -0.4 is 5.56 Å². The van der Waals surface area contributed by atoms with Gasteiger partial charge in [-0.25, -0.2) is 4.98 Å². The Morgan fingerprint density at radius 2 is 2.06 bits per heavy atom. The standard InChI is InChI=1S/C11H15N3O3S/c15-4-2-14(3-5-16)7-9-12-8-1-6-18-10(8)11(17)13-9/h1,6,15-16H,2-5,7H2,(H,12,13,17). The highest BCUT2D eigenvalue weighted by molar-refractivity contribution is 7.17. The van der Waals surface area contributed by atoms with E-state index in [0.717, 1.165) is 0 Å². The molecule has 2 aromatic rings. The number of hydrogen-bond acceptors (Lipinski definition) is 6. The van der Waals surface area contributed by atoms with E-state index in [4.69, 9.17) is 10.2 Å². The molecule has 18 heavy (non-hydrogen) atoms. The SMILES string of the molecule is O=c1[nH]c(CN(CCO)CCO)nc2ccsc12. The molecule has 2 heterocycles. The number of aromatic nitrogens is 2. The number of aromatic amines is 1. The maximum absolute atomic E-state index is 11.8. The van der Waals surface area contributed by atoms with Crippen molar-refractivity contribution in [3.8, 4) is 0 Å². The van der Waals surface area contributed by atoms with Crippen LogP contribution in [-0.4, -0.2) is 51.4 Å². The maximum Gasteiger partial charge on any atom is 0.268 e. The van der Waals surface area contributed by atoms with Gasteiger partial charge in [0, 0.05) is 13.1 Å². The second kappa shape index (κ2) is 6.05. The number of thiophene rings is 1. The number of nitrogens with zero attached hydrogens (tertiary/aromatic N) is 2. The van der Waals surface area contributed by atoms with E-state index < -0.39 is 0 Å². The smallest absolute Gasteiger partial charge is 0.268 e. The van der Waals surface area contributed by atoms with Crippen molar-refractivity contribution in [2.24, 2.45) is 0 Å². The molecule has 0 fully saturated rings. The van der Waals surface area contributed by atoms with E-state index in [0.29, 0.717) is 35.7 Å². The number of H-pyrrole nitrogens is 1. The van der Waals surface area contributed by atoms with Crippen LogP contribution in [0.25, 0.3) is 10.2 Å². The summed E-state index contributed by atoms with van der Waals surface area (Å²) >= 11 is 1.36. The van der Waals surface area contributed by atoms with Crippen LogP contribution in [0.3, 0.4) is 0 Å². The molecule has 0 aromatic carbocycles. The lowest BCUT2D eigenvalue weighted by Gasteiger charge is -2.19. The van der Waals surface area contributed by atoms with Gasteiger partial charge >= 0.3 is 0 Å². The Hall–Kier alpha value is -1.28. The summed E-state index contributed by atoms with van der Waals surface area (Å²) in [5.74, 6) is 0.549. The summed E-state index contributed by atoms with van der Waals surface area (Å²) in [6.07, 6.45) is 0. The molecule has 3 N–H and O–H groups in total. The fourth-order valence-electron chi connectivity index (χ4n) is 1.76. The Bertz CT molecular complexity index is 560. The van der Waals surface area contributed by atoms with E-state index in [1.807, 2.05) is 10.3 Å². The van der Waals surface area contributed by atoms with Crippen molar-refractivity contribution in [2.75, 3.05) is 26.3 Å². The van der Waals surface area contributed by atoms with Gasteiger partial charge in [0.2, 0.25) is 0 Å². The third-order valence-electron chi connectivity index (χ3n) is 2.57. The first-order valence-corrected chi connectivity index (χ1v) is 6.53. The van der Waals surface area contributed by atoms with Crippen LogP contribution >= 0.6 is 11.3 Å². The van der Waals surface area contributed by atoms with Gasteiger partial charge in [-0.15, -0.1) is 11.3 Å². The van der Waals surface area contributed by atoms with Crippen molar-refractivity contribution >= 4 is 21.6 Å². The van der Waals surface area contributed by atoms with E-state index in [9.17, 15) is 4.79 Å². The van der Waals surface area contributed by atoms with Crippen LogP contribution in [0, 0.1) is 0 Å². The van der Waals surface area contributed by atoms with Crippen LogP contribution in [-0.2, 0) is 6.54 Å². The lowest BCUT2D eigenvalue weighted by Crippen LogP contribution is -2.31. The molecular formula is C11H15N3O3S. The van der Waals surface area contributed by atoms with Gasteiger partial charge in [-0.2, -0.15) is 0 Å². The van der Waals surface area contributed by atoms with Crippen molar-refractivity contribution in [1.29, 1.82) is 0 Å². The topological polar surface area (TPSA) is 89.5 Å². The minimum Gasteiger partial charge on any atom is -0.395 e. The normalized spacial score (nSPS) is 11.5. The Morgan fingerprint density at radius 1 is 1.33 bits per heavy atom. The highest BCUT2D eigenvalue weighted by Crippen LogP contribution is 2.14. The van der Waals surface area contributed by atoms with Crippen LogP contribution in [0.5, 0.6) is 0 Å². The second-order valence-electron chi connectivity index (χ2n) is 3.87. The van der Waals surface area contributed by atoms with Gasteiger partial charge in [0.05, 0.1) is 25.3 Å². The van der Waals surface area contributed by atoms with Gasteiger partial charge in [-0.05, 0) is 11.4 Å². The molecule has 0 aliphatic heterocycles. The van der Waals surface area contributed by atoms with Crippen molar-refractivity contribution in [3.05, 3.63) is 27.6 Å². The number of aliphatic hydroxyl groups excluding tert-OH is 2. The van der Waals surface area contributed by atoms with Gasteiger partial charge < -0.3 is 15.2 Å². The molecule has 0 saturated heterocycles. The summed E-state index contributed by atoms with van der Waals surface area (Å²) in [7, 11) is 0. The molecule has 0 spiro atoms. The largest absolute Gasteiger partial charge is 0.395 e. The zero-order valence-corrected chi connectivity index (χ0v) is 10.6. The van der Waals surface area contributed by atoms with Gasteiger partial charge in [0.25, 0.3) is 5.56 Å². The maximum atomic E-state index is 11.8. The van der Waals surface area contributed by atoms with Crippen molar-refractivity contribution in [2.45, 2.75) is 6.54 Å². The van der Waals surface area contributed by atoms with Crippen molar-refractivity contribution in [1.82, 2.24) is 14.9 Å². The van der Waals surface area contributed by atoms with Gasteiger partial charge in [0.1, 0.15) is 10.5 Å². The van der Waals surface area contributed by atoms with Crippen LogP contribution in [0.1, 0.15) is 5.82 Å². The first-order valence-electron chi connectivity index (χ1n) is 5.65. The fourth-order valence-corrected chi connectivity index (χ4v) is 2.49. The molecule has 0 unspecified atom stereocenters. The first-order chi connectivity index (χ1) is 8.74. The molecule has 0 amide bonds. The lowest BCUT2D eigenvalue weighted by molar-refractivity contribution is 0.153. The minimum absolute atomic E-state index is 0.00489. The van der Waals surface area contributed by atoms with Crippen LogP contribution in [0.2, 0.25) is 0 Å². The summed E-state index contributed by atoms with van der Waals surface area (Å²) < 4.78 is 0.620. The van der Waals surface area contributed by atoms with Gasteiger partial charge in [-0.3, -0.25) is 9.69 Å². The van der Waals surface area contributed by atoms with E-state index in [2.05, 4.69) is 9.97 Å². The van der Waals surface area contributed by atoms with E-state index in [1.165, 1.54) is 11.3 Å². The highest BCUT2D eigenvalue weighted by atomic mass is 32.1. The van der Waals surface area contributed by atoms with E-state index in [1.54, 1.807) is 6.07 Å². The fraction of sp³-hybridized carbons (Fsp3) is 0.455. The zero-order chi connectivity index (χ0) is 13.0. The third kappa shape index (κ3) is 2.94. The third-order valence-corrected chi connectivity index (χ3v) is 3.47. The van der Waals surface area contributed by atoms with Crippen LogP contribution in [0.15, 0.2) is 16.2 Å². The van der Waals surface area contributed by atoms with E-state index in [-0.39, 0.29) is 18.8 Å². The number of rotatable bonds is 6. The molecule has 0 aliphatic carbocycles. The molecule has 98 valence electrons. The number of fused-ring (bicyclic) bond motifs is 1. The molecule has 0 saturated carbocycles. The molecule has 2 rings (SSSR count). The quantitative estimate of drug-likeness (QED) is 0.674. The number of nitrogens with one attached hydrogen (secondary N) is 1. The van der Waals surface area contributed by atoms with Gasteiger partial charge in [0.15, 0.2) is 0 Å². The molecule has 7 heteroatoms. The predicted molar refractivity (Wildman–Crippen MR) is 69.7 cm³/mol. The monoisotopic (exact) mass is 269 g/mol. The number of hydrogen-bond donors (Lipinski definition) is 3. The Balaban J connectivity index is 2.21. The zero-order valence-electron chi connectivity index (χ0n) is 9.80. The molecule has 0 atom stereocenters. The van der Waals surface area contributed by atoms with E-state index >= 15 is 0 Å². The molecular weight excluding hydrogens is 254 g/mol. The Labute approximate surface area is 108 Å². The lowest BCUT2D eigenvalue weighted by atomic mass is 10.4. The molecule has 2 aromatic heterocycles. The van der Waals surface area contributed by atoms with Crippen molar-refractivity contribution in [3.63, 3.8) is 0 Å². The Morgan fingerprint density at radius 3 is 2.72 bits per heavy atom. The summed E-state index contributed by atoms with van der Waals surface area (Å²) in [5.41, 5.74) is 0.546. The summed E-state index contributed by atoms with van der Waals surface area (Å²) in [5, 5.41) is 19.7. The molecule has 6 nitrogen and oxygen atoms in total. The average Bonchev–Trinajstić information content (AvgIpc) is 2.78. The molecule has 0 radical (unpaired) electrons. The molecule has 0 aliphatic rings. The van der Waals surface area contributed by atoms with Crippen LogP contribution in [0.4, 0.5) is 0 Å². The summed E-state index contributed by atoms with van der Waals surface area (Å²) in [6, 6.07) is 1.81. The van der Waals surface area contributed by atoms with Gasteiger partial charge in [-0.1, -0.05) is 0 Å². The minimum atomic E-state index is -0.141. The molecule has 0 bridgehead atoms.